The molecule has 0 aromatic heterocycles. The van der Waals surface area contributed by atoms with Crippen LogP contribution in [0.4, 0.5) is 4.79 Å². The fraction of sp³-hybridized carbons (Fsp3) is 0.556. The molecular formula is C9H15NO4. The third kappa shape index (κ3) is 5.18. The molecule has 0 atom stereocenters. The summed E-state index contributed by atoms with van der Waals surface area (Å²) < 4.78 is 9.33. The topological polar surface area (TPSA) is 64.6 Å². The highest BCUT2D eigenvalue weighted by atomic mass is 16.6. The summed E-state index contributed by atoms with van der Waals surface area (Å²) in [5.41, 5.74) is -0.127. The number of alkyl carbamates (subject to hydrolysis) is 1. The molecule has 0 saturated carbocycles. The van der Waals surface area contributed by atoms with Crippen molar-refractivity contribution in [1.82, 2.24) is 5.32 Å². The summed E-state index contributed by atoms with van der Waals surface area (Å²) in [6, 6.07) is 0. The molecule has 0 spiro atoms. The Labute approximate surface area is 83.1 Å². The third-order valence-corrected chi connectivity index (χ3v) is 1.12. The SMILES string of the molecule is C=C(NC(=O)OC(C)C)C(=O)OCC. The van der Waals surface area contributed by atoms with E-state index in [0.29, 0.717) is 0 Å². The van der Waals surface area contributed by atoms with Gasteiger partial charge >= 0.3 is 12.1 Å². The van der Waals surface area contributed by atoms with Gasteiger partial charge in [-0.3, -0.25) is 5.32 Å². The summed E-state index contributed by atoms with van der Waals surface area (Å²) in [4.78, 5) is 21.9. The van der Waals surface area contributed by atoms with Gasteiger partial charge in [0, 0.05) is 0 Å². The minimum absolute atomic E-state index is 0.127. The maximum atomic E-state index is 11.0. The summed E-state index contributed by atoms with van der Waals surface area (Å²) in [6.07, 6.45) is -0.956. The Morgan fingerprint density at radius 3 is 2.43 bits per heavy atom. The van der Waals surface area contributed by atoms with Crippen LogP contribution in [0.5, 0.6) is 0 Å². The molecule has 0 saturated heterocycles. The van der Waals surface area contributed by atoms with Gasteiger partial charge in [0.15, 0.2) is 0 Å². The van der Waals surface area contributed by atoms with Crippen LogP contribution in [0, 0.1) is 0 Å². The van der Waals surface area contributed by atoms with Gasteiger partial charge in [-0.05, 0) is 20.8 Å². The molecule has 0 aromatic carbocycles. The molecule has 0 aliphatic carbocycles. The maximum absolute atomic E-state index is 11.0. The number of rotatable bonds is 4. The standard InChI is InChI=1S/C9H15NO4/c1-5-13-8(11)7(4)10-9(12)14-6(2)3/h6H,4-5H2,1-3H3,(H,10,12). The average Bonchev–Trinajstić information content (AvgIpc) is 2.02. The van der Waals surface area contributed by atoms with E-state index in [2.05, 4.69) is 16.6 Å². The molecule has 0 heterocycles. The smallest absolute Gasteiger partial charge is 0.412 e. The highest BCUT2D eigenvalue weighted by molar-refractivity contribution is 5.91. The molecule has 0 radical (unpaired) electrons. The Bertz CT molecular complexity index is 235. The van der Waals surface area contributed by atoms with Gasteiger partial charge in [-0.2, -0.15) is 0 Å². The predicted molar refractivity (Wildman–Crippen MR) is 50.5 cm³/mol. The van der Waals surface area contributed by atoms with Crippen LogP contribution in [0.25, 0.3) is 0 Å². The van der Waals surface area contributed by atoms with Crippen molar-refractivity contribution in [2.45, 2.75) is 26.9 Å². The van der Waals surface area contributed by atoms with Crippen LogP contribution < -0.4 is 5.32 Å². The van der Waals surface area contributed by atoms with Crippen LogP contribution in [0.15, 0.2) is 12.3 Å². The van der Waals surface area contributed by atoms with Crippen molar-refractivity contribution in [2.24, 2.45) is 0 Å². The number of hydrogen-bond donors (Lipinski definition) is 1. The van der Waals surface area contributed by atoms with Crippen molar-refractivity contribution >= 4 is 12.1 Å². The fourth-order valence-corrected chi connectivity index (χ4v) is 0.636. The fourth-order valence-electron chi connectivity index (χ4n) is 0.636. The van der Waals surface area contributed by atoms with Crippen LogP contribution in [-0.4, -0.2) is 24.8 Å². The van der Waals surface area contributed by atoms with Crippen molar-refractivity contribution in [3.05, 3.63) is 12.3 Å². The van der Waals surface area contributed by atoms with Gasteiger partial charge in [0.25, 0.3) is 0 Å². The number of carbonyl (C=O) groups is 2. The van der Waals surface area contributed by atoms with E-state index in [1.54, 1.807) is 20.8 Å². The van der Waals surface area contributed by atoms with Crippen LogP contribution >= 0.6 is 0 Å². The van der Waals surface area contributed by atoms with Crippen LogP contribution in [0.3, 0.4) is 0 Å². The van der Waals surface area contributed by atoms with Gasteiger partial charge < -0.3 is 9.47 Å². The summed E-state index contributed by atoms with van der Waals surface area (Å²) in [6.45, 7) is 8.64. The van der Waals surface area contributed by atoms with Crippen LogP contribution in [-0.2, 0) is 14.3 Å². The average molecular weight is 201 g/mol. The molecule has 80 valence electrons. The molecule has 1 N–H and O–H groups in total. The Morgan fingerprint density at radius 2 is 2.00 bits per heavy atom. The van der Waals surface area contributed by atoms with E-state index in [9.17, 15) is 9.59 Å². The van der Waals surface area contributed by atoms with E-state index in [-0.39, 0.29) is 18.4 Å². The largest absolute Gasteiger partial charge is 0.461 e. The molecule has 14 heavy (non-hydrogen) atoms. The highest BCUT2D eigenvalue weighted by Crippen LogP contribution is 1.94. The lowest BCUT2D eigenvalue weighted by Gasteiger charge is -2.10. The number of carbonyl (C=O) groups excluding carboxylic acids is 2. The molecule has 5 heteroatoms. The Balaban J connectivity index is 3.94. The zero-order valence-electron chi connectivity index (χ0n) is 8.62. The normalized spacial score (nSPS) is 9.43. The summed E-state index contributed by atoms with van der Waals surface area (Å²) in [5.74, 6) is -0.659. The lowest BCUT2D eigenvalue weighted by atomic mass is 10.5. The first-order chi connectivity index (χ1) is 6.47. The van der Waals surface area contributed by atoms with E-state index >= 15 is 0 Å². The van der Waals surface area contributed by atoms with Gasteiger partial charge in [-0.25, -0.2) is 9.59 Å². The van der Waals surface area contributed by atoms with E-state index in [1.807, 2.05) is 0 Å². The van der Waals surface area contributed by atoms with E-state index in [1.165, 1.54) is 0 Å². The Kier molecular flexibility index (Phi) is 5.36. The van der Waals surface area contributed by atoms with Crippen molar-refractivity contribution in [2.75, 3.05) is 6.61 Å². The summed E-state index contributed by atoms with van der Waals surface area (Å²) >= 11 is 0. The zero-order valence-corrected chi connectivity index (χ0v) is 8.62. The minimum Gasteiger partial charge on any atom is -0.461 e. The van der Waals surface area contributed by atoms with Crippen molar-refractivity contribution < 1.29 is 19.1 Å². The maximum Gasteiger partial charge on any atom is 0.412 e. The predicted octanol–water partition coefficient (Wildman–Crippen LogP) is 1.20. The number of amides is 1. The molecule has 0 aliphatic heterocycles. The molecule has 0 aromatic rings. The quantitative estimate of drug-likeness (QED) is 0.548. The number of esters is 1. The molecule has 0 bridgehead atoms. The van der Waals surface area contributed by atoms with Crippen molar-refractivity contribution in [1.29, 1.82) is 0 Å². The minimum atomic E-state index is -0.710. The molecule has 0 fully saturated rings. The summed E-state index contributed by atoms with van der Waals surface area (Å²) in [5, 5.41) is 2.17. The molecule has 5 nitrogen and oxygen atoms in total. The zero-order chi connectivity index (χ0) is 11.1. The van der Waals surface area contributed by atoms with Gasteiger partial charge in [0.1, 0.15) is 5.70 Å². The molecule has 1 amide bonds. The first kappa shape index (κ1) is 12.5. The second-order valence-corrected chi connectivity index (χ2v) is 2.78. The number of ether oxygens (including phenoxy) is 2. The van der Waals surface area contributed by atoms with Crippen molar-refractivity contribution in [3.63, 3.8) is 0 Å². The second-order valence-electron chi connectivity index (χ2n) is 2.78. The molecule has 0 unspecified atom stereocenters. The number of hydrogen-bond acceptors (Lipinski definition) is 4. The molecule has 0 rings (SSSR count). The molecular weight excluding hydrogens is 186 g/mol. The molecule has 0 aliphatic rings. The lowest BCUT2D eigenvalue weighted by Crippen LogP contribution is -2.30. The van der Waals surface area contributed by atoms with Gasteiger partial charge in [-0.15, -0.1) is 0 Å². The van der Waals surface area contributed by atoms with Gasteiger partial charge in [0.05, 0.1) is 12.7 Å². The number of nitrogens with one attached hydrogen (secondary N) is 1. The van der Waals surface area contributed by atoms with Crippen LogP contribution in [0.1, 0.15) is 20.8 Å². The lowest BCUT2D eigenvalue weighted by molar-refractivity contribution is -0.138. The van der Waals surface area contributed by atoms with Gasteiger partial charge in [0.2, 0.25) is 0 Å². The monoisotopic (exact) mass is 201 g/mol. The first-order valence-electron chi connectivity index (χ1n) is 4.31. The Hall–Kier alpha value is -1.52. The van der Waals surface area contributed by atoms with E-state index < -0.39 is 12.1 Å². The Morgan fingerprint density at radius 1 is 1.43 bits per heavy atom. The van der Waals surface area contributed by atoms with Gasteiger partial charge in [-0.1, -0.05) is 6.58 Å². The second kappa shape index (κ2) is 6.01. The van der Waals surface area contributed by atoms with Crippen molar-refractivity contribution in [3.8, 4) is 0 Å². The van der Waals surface area contributed by atoms with Crippen LogP contribution in [0.2, 0.25) is 0 Å². The summed E-state index contributed by atoms with van der Waals surface area (Å²) in [7, 11) is 0. The highest BCUT2D eigenvalue weighted by Gasteiger charge is 2.12. The van der Waals surface area contributed by atoms with E-state index in [0.717, 1.165) is 0 Å². The first-order valence-corrected chi connectivity index (χ1v) is 4.31. The third-order valence-electron chi connectivity index (χ3n) is 1.12. The van der Waals surface area contributed by atoms with E-state index in [4.69, 9.17) is 4.74 Å².